The van der Waals surface area contributed by atoms with Gasteiger partial charge in [0, 0.05) is 42.8 Å². The molecule has 0 amide bonds. The Hall–Kier alpha value is -3.64. The highest BCUT2D eigenvalue weighted by molar-refractivity contribution is 6.12. The molecule has 0 aromatic heterocycles. The van der Waals surface area contributed by atoms with Crippen molar-refractivity contribution in [1.82, 2.24) is 16.0 Å². The fraction of sp³-hybridized carbons (Fsp3) is 0.500. The first kappa shape index (κ1) is 44.5. The van der Waals surface area contributed by atoms with Gasteiger partial charge in [-0.05, 0) is 90.5 Å². The minimum absolute atomic E-state index is 0.533. The Morgan fingerprint density at radius 1 is 1.00 bits per heavy atom. The highest BCUT2D eigenvalue weighted by Gasteiger charge is 2.15. The second-order valence-electron chi connectivity index (χ2n) is 10.7. The normalized spacial score (nSPS) is 14.8. The summed E-state index contributed by atoms with van der Waals surface area (Å²) in [5, 5.41) is 10.2. The molecule has 2 aliphatic rings. The molecule has 5 N–H and O–H groups in total. The van der Waals surface area contributed by atoms with Gasteiger partial charge >= 0.3 is 0 Å². The van der Waals surface area contributed by atoms with Gasteiger partial charge in [-0.2, -0.15) is 0 Å². The van der Waals surface area contributed by atoms with E-state index in [1.54, 1.807) is 0 Å². The van der Waals surface area contributed by atoms with Crippen molar-refractivity contribution in [3.8, 4) is 0 Å². The van der Waals surface area contributed by atoms with Crippen LogP contribution in [0.4, 0.5) is 0 Å². The summed E-state index contributed by atoms with van der Waals surface area (Å²) >= 11 is 0. The number of nitrogens with one attached hydrogen (secondary N) is 3. The zero-order chi connectivity index (χ0) is 35.3. The molecule has 0 aromatic rings. The molecule has 0 spiro atoms. The Morgan fingerprint density at radius 3 is 2.28 bits per heavy atom. The smallest absolute Gasteiger partial charge is 0.0851 e. The number of allylic oxidation sites excluding steroid dienone is 8. The molecule has 6 heteroatoms. The Morgan fingerprint density at radius 2 is 1.67 bits per heavy atom. The molecular formula is C40H68N6. The van der Waals surface area contributed by atoms with Crippen molar-refractivity contribution >= 4 is 11.9 Å². The summed E-state index contributed by atoms with van der Waals surface area (Å²) in [6.07, 6.45) is 19.8. The maximum absolute atomic E-state index is 5.33. The zero-order valence-electron chi connectivity index (χ0n) is 31.0. The molecule has 0 unspecified atom stereocenters. The molecule has 6 nitrogen and oxygen atoms in total. The lowest BCUT2D eigenvalue weighted by Gasteiger charge is -2.21. The van der Waals surface area contributed by atoms with Gasteiger partial charge < -0.3 is 21.7 Å². The van der Waals surface area contributed by atoms with Crippen molar-refractivity contribution in [2.24, 2.45) is 15.7 Å². The highest BCUT2D eigenvalue weighted by Crippen LogP contribution is 2.22. The van der Waals surface area contributed by atoms with E-state index < -0.39 is 0 Å². The van der Waals surface area contributed by atoms with Crippen LogP contribution in [0.1, 0.15) is 107 Å². The van der Waals surface area contributed by atoms with Gasteiger partial charge in [0.15, 0.2) is 0 Å². The van der Waals surface area contributed by atoms with Crippen LogP contribution in [0, 0.1) is 0 Å². The van der Waals surface area contributed by atoms with Crippen molar-refractivity contribution in [1.29, 1.82) is 0 Å². The van der Waals surface area contributed by atoms with Gasteiger partial charge in [-0.15, -0.1) is 0 Å². The lowest BCUT2D eigenvalue weighted by molar-refractivity contribution is 0.695. The third kappa shape index (κ3) is 19.7. The van der Waals surface area contributed by atoms with E-state index in [0.29, 0.717) is 19.5 Å². The minimum Gasteiger partial charge on any atom is -0.385 e. The maximum Gasteiger partial charge on any atom is 0.0851 e. The van der Waals surface area contributed by atoms with Crippen LogP contribution >= 0.6 is 0 Å². The van der Waals surface area contributed by atoms with E-state index in [0.717, 1.165) is 65.7 Å². The first-order chi connectivity index (χ1) is 22.2. The summed E-state index contributed by atoms with van der Waals surface area (Å²) in [5.41, 5.74) is 15.7. The average Bonchev–Trinajstić information content (AvgIpc) is 3.25. The van der Waals surface area contributed by atoms with Crippen molar-refractivity contribution < 1.29 is 0 Å². The molecular weight excluding hydrogens is 564 g/mol. The van der Waals surface area contributed by atoms with Gasteiger partial charge in [0.25, 0.3) is 0 Å². The third-order valence-electron chi connectivity index (χ3n) is 7.02. The molecule has 0 atom stereocenters. The van der Waals surface area contributed by atoms with E-state index in [1.807, 2.05) is 46.9 Å². The Bertz CT molecular complexity index is 1150. The maximum atomic E-state index is 5.33. The molecule has 0 saturated carbocycles. The zero-order valence-corrected chi connectivity index (χ0v) is 31.0. The molecule has 0 aliphatic carbocycles. The first-order valence-corrected chi connectivity index (χ1v) is 17.2. The lowest BCUT2D eigenvalue weighted by Crippen LogP contribution is -2.24. The summed E-state index contributed by atoms with van der Waals surface area (Å²) in [6, 6.07) is 0. The minimum atomic E-state index is 0.533. The molecule has 258 valence electrons. The quantitative estimate of drug-likeness (QED) is 0.101. The molecule has 0 saturated heterocycles. The Balaban J connectivity index is 0. The SMILES string of the molecule is C/C=C\CCCCCN.C=CC1=C(/C=C(\C)CNC(=C)C2=NCC=NC(CC(=C)NC/C(C)=C/C)=C2C)NC(=C)CC1.CC.CC. The largest absolute Gasteiger partial charge is 0.385 e. The Kier molecular flexibility index (Phi) is 27.9. The topological polar surface area (TPSA) is 86.8 Å². The van der Waals surface area contributed by atoms with Crippen LogP contribution < -0.4 is 21.7 Å². The van der Waals surface area contributed by atoms with E-state index in [9.17, 15) is 0 Å². The van der Waals surface area contributed by atoms with Crippen LogP contribution in [-0.4, -0.2) is 38.1 Å². The molecule has 0 bridgehead atoms. The standard InChI is InChI=1S/C28H39N5.C8H17N.2C2H6/c1-9-19(3)17-31-22(6)16-26-23(7)28(30-14-13-29-26)24(8)32-18-20(4)15-27-25(10-2)12-11-21(5)33-27;1-2-3-4-5-6-7-8-9;2*1-2/h9-10,13,15,31-33H,2,5-6,8,11-12,14,16-18H2,1,3-4,7H3;2-3H,4-9H2,1H3;2*1-2H3/b19-9+,20-15+;3-2-;;. The van der Waals surface area contributed by atoms with Crippen LogP contribution in [0.3, 0.4) is 0 Å². The second kappa shape index (κ2) is 28.8. The molecule has 2 rings (SSSR count). The molecule has 0 radical (unpaired) electrons. The summed E-state index contributed by atoms with van der Waals surface area (Å²) in [6.45, 7) is 37.6. The van der Waals surface area contributed by atoms with E-state index in [-0.39, 0.29) is 0 Å². The van der Waals surface area contributed by atoms with Crippen LogP contribution in [0.25, 0.3) is 0 Å². The number of rotatable bonds is 16. The predicted octanol–water partition coefficient (Wildman–Crippen LogP) is 9.77. The fourth-order valence-corrected chi connectivity index (χ4v) is 4.24. The average molecular weight is 633 g/mol. The van der Waals surface area contributed by atoms with Crippen molar-refractivity contribution in [3.05, 3.63) is 107 Å². The predicted molar refractivity (Wildman–Crippen MR) is 209 cm³/mol. The number of aliphatic imine (C=N–C) groups is 2. The summed E-state index contributed by atoms with van der Waals surface area (Å²) < 4.78 is 0. The van der Waals surface area contributed by atoms with Crippen LogP contribution in [-0.2, 0) is 0 Å². The summed E-state index contributed by atoms with van der Waals surface area (Å²) in [5.74, 6) is 0. The van der Waals surface area contributed by atoms with E-state index in [1.165, 1.54) is 42.4 Å². The number of nitrogens with two attached hydrogens (primary N) is 1. The molecule has 0 fully saturated rings. The van der Waals surface area contributed by atoms with Gasteiger partial charge in [-0.1, -0.05) is 95.9 Å². The van der Waals surface area contributed by atoms with Gasteiger partial charge in [0.2, 0.25) is 0 Å². The monoisotopic (exact) mass is 633 g/mol. The van der Waals surface area contributed by atoms with Gasteiger partial charge in [-0.25, -0.2) is 0 Å². The molecule has 2 aliphatic heterocycles. The van der Waals surface area contributed by atoms with Crippen molar-refractivity contribution in [2.45, 2.75) is 107 Å². The van der Waals surface area contributed by atoms with Crippen molar-refractivity contribution in [3.63, 3.8) is 0 Å². The van der Waals surface area contributed by atoms with Crippen LogP contribution in [0.15, 0.2) is 117 Å². The van der Waals surface area contributed by atoms with Crippen LogP contribution in [0.5, 0.6) is 0 Å². The molecule has 46 heavy (non-hydrogen) atoms. The van der Waals surface area contributed by atoms with Gasteiger partial charge in [0.1, 0.15) is 0 Å². The van der Waals surface area contributed by atoms with Gasteiger partial charge in [0.05, 0.1) is 23.7 Å². The van der Waals surface area contributed by atoms with Crippen molar-refractivity contribution in [2.75, 3.05) is 26.2 Å². The fourth-order valence-electron chi connectivity index (χ4n) is 4.24. The van der Waals surface area contributed by atoms with E-state index in [2.05, 4.69) is 99.3 Å². The summed E-state index contributed by atoms with van der Waals surface area (Å²) in [7, 11) is 0. The van der Waals surface area contributed by atoms with E-state index >= 15 is 0 Å². The lowest BCUT2D eigenvalue weighted by atomic mass is 10.0. The Labute approximate surface area is 284 Å². The third-order valence-corrected chi connectivity index (χ3v) is 7.02. The van der Waals surface area contributed by atoms with E-state index in [4.69, 9.17) is 10.7 Å². The number of unbranched alkanes of at least 4 members (excludes halogenated alkanes) is 3. The first-order valence-electron chi connectivity index (χ1n) is 17.2. The summed E-state index contributed by atoms with van der Waals surface area (Å²) in [4.78, 5) is 9.33. The van der Waals surface area contributed by atoms with Gasteiger partial charge in [-0.3, -0.25) is 9.98 Å². The number of hydrogen-bond acceptors (Lipinski definition) is 6. The second-order valence-corrected chi connectivity index (χ2v) is 10.7. The number of hydrogen-bond donors (Lipinski definition) is 4. The number of nitrogens with zero attached hydrogens (tertiary/aromatic N) is 2. The molecule has 2 heterocycles. The highest BCUT2D eigenvalue weighted by atomic mass is 14.9. The van der Waals surface area contributed by atoms with Crippen LogP contribution in [0.2, 0.25) is 0 Å². The molecule has 0 aromatic carbocycles.